The normalized spacial score (nSPS) is 11.2. The molecule has 42 heavy (non-hydrogen) atoms. The van der Waals surface area contributed by atoms with Gasteiger partial charge in [-0.2, -0.15) is 0 Å². The number of hydrogen-bond acceptors (Lipinski definition) is 4. The van der Waals surface area contributed by atoms with Crippen LogP contribution in [0.3, 0.4) is 0 Å². The first-order valence-electron chi connectivity index (χ1n) is 13.8. The van der Waals surface area contributed by atoms with Crippen LogP contribution in [0.2, 0.25) is 0 Å². The molecule has 0 unspecified atom stereocenters. The first kappa shape index (κ1) is 25.4. The van der Waals surface area contributed by atoms with Crippen LogP contribution in [0.25, 0.3) is 67.5 Å². The molecule has 2 aromatic heterocycles. The van der Waals surface area contributed by atoms with Crippen molar-refractivity contribution in [1.82, 2.24) is 24.1 Å². The van der Waals surface area contributed by atoms with Crippen LogP contribution in [0.15, 0.2) is 132 Å². The number of imidazole rings is 1. The first-order valence-corrected chi connectivity index (χ1v) is 13.8. The molecule has 0 amide bonds. The number of aryl methyl sites for hydroxylation is 2. The van der Waals surface area contributed by atoms with E-state index in [1.165, 1.54) is 0 Å². The molecule has 202 valence electrons. The molecule has 0 spiro atoms. The van der Waals surface area contributed by atoms with Crippen molar-refractivity contribution in [2.24, 2.45) is 14.1 Å². The standard InChI is InChI=1S/C36H27N5O/c1-40-31-18-10-17-30(32(31)41(2)36(40)42)25-19-21-27(22-20-25)34-37-33(26-13-7-4-8-14-26)38-35(39-34)29-16-9-15-28(23-29)24-11-5-3-6-12-24/h3-23H,1-2H3. The maximum absolute atomic E-state index is 12.6. The minimum absolute atomic E-state index is 0.0449. The summed E-state index contributed by atoms with van der Waals surface area (Å²) in [5.74, 6) is 1.83. The summed E-state index contributed by atoms with van der Waals surface area (Å²) in [5.41, 5.74) is 8.74. The Kier molecular flexibility index (Phi) is 6.28. The summed E-state index contributed by atoms with van der Waals surface area (Å²) >= 11 is 0. The summed E-state index contributed by atoms with van der Waals surface area (Å²) < 4.78 is 3.38. The molecule has 7 rings (SSSR count). The second-order valence-electron chi connectivity index (χ2n) is 10.3. The van der Waals surface area contributed by atoms with Gasteiger partial charge in [-0.25, -0.2) is 19.7 Å². The molecule has 7 aromatic rings. The maximum atomic E-state index is 12.6. The summed E-state index contributed by atoms with van der Waals surface area (Å²) in [6, 6.07) is 42.8. The van der Waals surface area contributed by atoms with Gasteiger partial charge in [0.15, 0.2) is 17.5 Å². The van der Waals surface area contributed by atoms with E-state index in [-0.39, 0.29) is 5.69 Å². The summed E-state index contributed by atoms with van der Waals surface area (Å²) in [7, 11) is 3.61. The van der Waals surface area contributed by atoms with Crippen LogP contribution < -0.4 is 5.69 Å². The third kappa shape index (κ3) is 4.49. The fourth-order valence-electron chi connectivity index (χ4n) is 5.43. The Morgan fingerprint density at radius 1 is 0.452 bits per heavy atom. The van der Waals surface area contributed by atoms with Gasteiger partial charge in [-0.1, -0.05) is 115 Å². The Labute approximate surface area is 243 Å². The van der Waals surface area contributed by atoms with Crippen LogP contribution in [-0.4, -0.2) is 24.1 Å². The molecule has 0 N–H and O–H groups in total. The molecule has 0 atom stereocenters. The van der Waals surface area contributed by atoms with Crippen molar-refractivity contribution in [3.05, 3.63) is 138 Å². The zero-order chi connectivity index (χ0) is 28.6. The Morgan fingerprint density at radius 2 is 0.952 bits per heavy atom. The van der Waals surface area contributed by atoms with Gasteiger partial charge in [0.05, 0.1) is 11.0 Å². The maximum Gasteiger partial charge on any atom is 0.328 e. The Bertz CT molecular complexity index is 2110. The van der Waals surface area contributed by atoms with Crippen LogP contribution >= 0.6 is 0 Å². The molecule has 6 nitrogen and oxygen atoms in total. The van der Waals surface area contributed by atoms with Crippen molar-refractivity contribution >= 4 is 11.0 Å². The lowest BCUT2D eigenvalue weighted by Gasteiger charge is -2.10. The number of aromatic nitrogens is 5. The van der Waals surface area contributed by atoms with Gasteiger partial charge >= 0.3 is 5.69 Å². The Morgan fingerprint density at radius 3 is 1.62 bits per heavy atom. The number of para-hydroxylation sites is 1. The number of fused-ring (bicyclic) bond motifs is 1. The minimum atomic E-state index is -0.0449. The van der Waals surface area contributed by atoms with E-state index < -0.39 is 0 Å². The summed E-state index contributed by atoms with van der Waals surface area (Å²) in [5, 5.41) is 0. The number of rotatable bonds is 5. The SMILES string of the molecule is Cn1c(=O)n(C)c2c(-c3ccc(-c4nc(-c5ccccc5)nc(-c5cccc(-c6ccccc6)c5)n4)cc3)cccc21. The molecule has 5 aromatic carbocycles. The summed E-state index contributed by atoms with van der Waals surface area (Å²) in [4.78, 5) is 27.3. The van der Waals surface area contributed by atoms with E-state index in [0.29, 0.717) is 17.5 Å². The molecule has 0 saturated carbocycles. The van der Waals surface area contributed by atoms with Gasteiger partial charge in [-0.05, 0) is 28.8 Å². The number of hydrogen-bond donors (Lipinski definition) is 0. The highest BCUT2D eigenvalue weighted by molar-refractivity contribution is 5.93. The quantitative estimate of drug-likeness (QED) is 0.226. The average molecular weight is 546 g/mol. The van der Waals surface area contributed by atoms with E-state index in [1.807, 2.05) is 98.0 Å². The minimum Gasteiger partial charge on any atom is -0.295 e. The predicted molar refractivity (Wildman–Crippen MR) is 169 cm³/mol. The molecule has 0 aliphatic heterocycles. The number of nitrogens with zero attached hydrogens (tertiary/aromatic N) is 5. The highest BCUT2D eigenvalue weighted by Crippen LogP contribution is 2.31. The van der Waals surface area contributed by atoms with Crippen LogP contribution in [0.4, 0.5) is 0 Å². The zero-order valence-corrected chi connectivity index (χ0v) is 23.3. The van der Waals surface area contributed by atoms with Gasteiger partial charge in [-0.15, -0.1) is 0 Å². The molecule has 0 fully saturated rings. The third-order valence-electron chi connectivity index (χ3n) is 7.63. The largest absolute Gasteiger partial charge is 0.328 e. The van der Waals surface area contributed by atoms with Gasteiger partial charge in [0.25, 0.3) is 0 Å². The average Bonchev–Trinajstić information content (AvgIpc) is 3.29. The fourth-order valence-corrected chi connectivity index (χ4v) is 5.43. The monoisotopic (exact) mass is 545 g/mol. The molecule has 2 heterocycles. The van der Waals surface area contributed by atoms with Crippen molar-refractivity contribution < 1.29 is 0 Å². The molecular weight excluding hydrogens is 518 g/mol. The summed E-state index contributed by atoms with van der Waals surface area (Å²) in [6.07, 6.45) is 0. The lowest BCUT2D eigenvalue weighted by atomic mass is 10.0. The van der Waals surface area contributed by atoms with Gasteiger partial charge in [-0.3, -0.25) is 9.13 Å². The predicted octanol–water partition coefficient (Wildman–Crippen LogP) is 7.40. The highest BCUT2D eigenvalue weighted by atomic mass is 16.1. The molecule has 0 saturated heterocycles. The highest BCUT2D eigenvalue weighted by Gasteiger charge is 2.15. The van der Waals surface area contributed by atoms with Crippen molar-refractivity contribution in [1.29, 1.82) is 0 Å². The molecule has 6 heteroatoms. The lowest BCUT2D eigenvalue weighted by molar-refractivity contribution is 0.795. The van der Waals surface area contributed by atoms with E-state index in [1.54, 1.807) is 16.2 Å². The molecular formula is C36H27N5O. The van der Waals surface area contributed by atoms with Gasteiger partial charge < -0.3 is 0 Å². The smallest absolute Gasteiger partial charge is 0.295 e. The summed E-state index contributed by atoms with van der Waals surface area (Å²) in [6.45, 7) is 0. The Balaban J connectivity index is 1.34. The molecule has 0 aliphatic carbocycles. The first-order chi connectivity index (χ1) is 20.6. The van der Waals surface area contributed by atoms with E-state index in [2.05, 4.69) is 36.4 Å². The topological polar surface area (TPSA) is 65.6 Å². The van der Waals surface area contributed by atoms with Crippen molar-refractivity contribution in [3.8, 4) is 56.4 Å². The van der Waals surface area contributed by atoms with Crippen molar-refractivity contribution in [2.45, 2.75) is 0 Å². The second kappa shape index (κ2) is 10.4. The van der Waals surface area contributed by atoms with Gasteiger partial charge in [0, 0.05) is 36.3 Å². The van der Waals surface area contributed by atoms with Crippen molar-refractivity contribution in [3.63, 3.8) is 0 Å². The van der Waals surface area contributed by atoms with Gasteiger partial charge in [0.1, 0.15) is 0 Å². The van der Waals surface area contributed by atoms with Crippen LogP contribution in [0.1, 0.15) is 0 Å². The van der Waals surface area contributed by atoms with Crippen molar-refractivity contribution in [2.75, 3.05) is 0 Å². The fraction of sp³-hybridized carbons (Fsp3) is 0.0556. The molecule has 0 aliphatic rings. The van der Waals surface area contributed by atoms with Crippen LogP contribution in [-0.2, 0) is 14.1 Å². The van der Waals surface area contributed by atoms with E-state index >= 15 is 0 Å². The zero-order valence-electron chi connectivity index (χ0n) is 23.3. The van der Waals surface area contributed by atoms with Crippen LogP contribution in [0, 0.1) is 0 Å². The number of benzene rings is 5. The van der Waals surface area contributed by atoms with Gasteiger partial charge in [0.2, 0.25) is 0 Å². The van der Waals surface area contributed by atoms with E-state index in [0.717, 1.165) is 50.0 Å². The molecule has 0 bridgehead atoms. The van der Waals surface area contributed by atoms with Crippen LogP contribution in [0.5, 0.6) is 0 Å². The molecule has 0 radical (unpaired) electrons. The Hall–Kier alpha value is -5.62. The van der Waals surface area contributed by atoms with E-state index in [4.69, 9.17) is 15.0 Å². The second-order valence-corrected chi connectivity index (χ2v) is 10.3. The third-order valence-corrected chi connectivity index (χ3v) is 7.63. The lowest BCUT2D eigenvalue weighted by Crippen LogP contribution is -2.19. The van der Waals surface area contributed by atoms with E-state index in [9.17, 15) is 4.79 Å².